The van der Waals surface area contributed by atoms with Gasteiger partial charge in [0.2, 0.25) is 5.91 Å². The second kappa shape index (κ2) is 5.70. The van der Waals surface area contributed by atoms with Crippen molar-refractivity contribution in [1.29, 1.82) is 0 Å². The third kappa shape index (κ3) is 2.51. The fourth-order valence-corrected chi connectivity index (χ4v) is 3.51. The molecule has 0 spiro atoms. The van der Waals surface area contributed by atoms with Gasteiger partial charge >= 0.3 is 0 Å². The maximum atomic E-state index is 12.9. The Hall–Kier alpha value is -2.21. The van der Waals surface area contributed by atoms with Crippen LogP contribution in [0.1, 0.15) is 37.2 Å². The second-order valence-electron chi connectivity index (χ2n) is 6.27. The minimum atomic E-state index is -0.404. The molecule has 0 saturated heterocycles. The molecule has 2 aromatic heterocycles. The molecule has 4 rings (SSSR count). The van der Waals surface area contributed by atoms with E-state index in [1.165, 1.54) is 0 Å². The summed E-state index contributed by atoms with van der Waals surface area (Å²) in [5, 5.41) is 11.5. The maximum Gasteiger partial charge on any atom is 0.231 e. The number of carbonyl (C=O) groups is 1. The SMILES string of the molecule is CC(NC(=O)C1(c2cccc(Br)c2)CC1)c1nnc2ccccn12. The van der Waals surface area contributed by atoms with Crippen LogP contribution in [0.15, 0.2) is 53.1 Å². The number of hydrogen-bond donors (Lipinski definition) is 1. The number of amides is 1. The van der Waals surface area contributed by atoms with Crippen LogP contribution in [0, 0.1) is 0 Å². The smallest absolute Gasteiger partial charge is 0.231 e. The van der Waals surface area contributed by atoms with Gasteiger partial charge in [0.25, 0.3) is 0 Å². The normalized spacial score (nSPS) is 16.8. The van der Waals surface area contributed by atoms with Crippen molar-refractivity contribution in [3.63, 3.8) is 0 Å². The quantitative estimate of drug-likeness (QED) is 0.749. The van der Waals surface area contributed by atoms with Gasteiger partial charge < -0.3 is 5.32 Å². The molecule has 0 aliphatic heterocycles. The molecule has 6 heteroatoms. The summed E-state index contributed by atoms with van der Waals surface area (Å²) in [6.07, 6.45) is 3.67. The Labute approximate surface area is 148 Å². The monoisotopic (exact) mass is 384 g/mol. The van der Waals surface area contributed by atoms with E-state index in [0.717, 1.165) is 34.3 Å². The number of halogens is 1. The van der Waals surface area contributed by atoms with Crippen molar-refractivity contribution >= 4 is 27.5 Å². The van der Waals surface area contributed by atoms with Gasteiger partial charge in [0.15, 0.2) is 11.5 Å². The number of nitrogens with zero attached hydrogens (tertiary/aromatic N) is 3. The van der Waals surface area contributed by atoms with Gasteiger partial charge in [-0.05, 0) is 49.6 Å². The van der Waals surface area contributed by atoms with Gasteiger partial charge in [-0.3, -0.25) is 9.20 Å². The summed E-state index contributed by atoms with van der Waals surface area (Å²) in [7, 11) is 0. The molecule has 0 bridgehead atoms. The molecule has 3 aromatic rings. The van der Waals surface area contributed by atoms with Crippen molar-refractivity contribution in [2.75, 3.05) is 0 Å². The molecule has 1 fully saturated rings. The number of aromatic nitrogens is 3. The van der Waals surface area contributed by atoms with E-state index in [0.29, 0.717) is 0 Å². The molecule has 1 aliphatic carbocycles. The van der Waals surface area contributed by atoms with Gasteiger partial charge in [0.1, 0.15) is 0 Å². The number of fused-ring (bicyclic) bond motifs is 1. The molecule has 122 valence electrons. The van der Waals surface area contributed by atoms with Crippen LogP contribution in [0.4, 0.5) is 0 Å². The van der Waals surface area contributed by atoms with Crippen LogP contribution in [0.3, 0.4) is 0 Å². The molecule has 1 N–H and O–H groups in total. The van der Waals surface area contributed by atoms with E-state index in [1.807, 2.05) is 60.0 Å². The zero-order valence-electron chi connectivity index (χ0n) is 13.2. The standard InChI is InChI=1S/C18H17BrN4O/c1-12(16-22-21-15-7-2-3-10-23(15)16)20-17(24)18(8-9-18)13-5-4-6-14(19)11-13/h2-7,10-12H,8-9H2,1H3,(H,20,24). The average Bonchev–Trinajstić information content (AvgIpc) is 3.28. The topological polar surface area (TPSA) is 59.3 Å². The number of nitrogens with one attached hydrogen (secondary N) is 1. The van der Waals surface area contributed by atoms with Gasteiger partial charge in [-0.15, -0.1) is 10.2 Å². The Morgan fingerprint density at radius 2 is 2.08 bits per heavy atom. The Morgan fingerprint density at radius 3 is 2.83 bits per heavy atom. The molecule has 1 amide bonds. The zero-order valence-corrected chi connectivity index (χ0v) is 14.8. The molecule has 1 atom stereocenters. The van der Waals surface area contributed by atoms with Crippen LogP contribution < -0.4 is 5.32 Å². The Morgan fingerprint density at radius 1 is 1.25 bits per heavy atom. The summed E-state index contributed by atoms with van der Waals surface area (Å²) >= 11 is 3.49. The van der Waals surface area contributed by atoms with Crippen molar-refractivity contribution in [1.82, 2.24) is 19.9 Å². The van der Waals surface area contributed by atoms with E-state index in [1.54, 1.807) is 0 Å². The Balaban J connectivity index is 1.58. The lowest BCUT2D eigenvalue weighted by Crippen LogP contribution is -2.37. The lowest BCUT2D eigenvalue weighted by molar-refractivity contribution is -0.124. The molecular formula is C18H17BrN4O. The first-order valence-electron chi connectivity index (χ1n) is 7.97. The molecule has 2 heterocycles. The van der Waals surface area contributed by atoms with Gasteiger partial charge in [-0.25, -0.2) is 0 Å². The summed E-state index contributed by atoms with van der Waals surface area (Å²) in [6.45, 7) is 1.94. The van der Waals surface area contributed by atoms with Gasteiger partial charge in [-0.1, -0.05) is 34.1 Å². The zero-order chi connectivity index (χ0) is 16.7. The van der Waals surface area contributed by atoms with Crippen molar-refractivity contribution in [2.24, 2.45) is 0 Å². The maximum absolute atomic E-state index is 12.9. The third-order valence-electron chi connectivity index (χ3n) is 4.64. The summed E-state index contributed by atoms with van der Waals surface area (Å²) in [4.78, 5) is 12.9. The van der Waals surface area contributed by atoms with E-state index in [-0.39, 0.29) is 11.9 Å². The molecule has 0 radical (unpaired) electrons. The van der Waals surface area contributed by atoms with E-state index in [2.05, 4.69) is 31.4 Å². The minimum absolute atomic E-state index is 0.0563. The molecule has 1 saturated carbocycles. The number of carbonyl (C=O) groups excluding carboxylic acids is 1. The molecule has 5 nitrogen and oxygen atoms in total. The Kier molecular flexibility index (Phi) is 3.64. The first kappa shape index (κ1) is 15.3. The highest BCUT2D eigenvalue weighted by Gasteiger charge is 2.51. The van der Waals surface area contributed by atoms with Crippen LogP contribution >= 0.6 is 15.9 Å². The summed E-state index contributed by atoms with van der Waals surface area (Å²) in [5.74, 6) is 0.796. The average molecular weight is 385 g/mol. The van der Waals surface area contributed by atoms with Crippen molar-refractivity contribution in [3.8, 4) is 0 Å². The van der Waals surface area contributed by atoms with Crippen LogP contribution in [0.25, 0.3) is 5.65 Å². The van der Waals surface area contributed by atoms with E-state index >= 15 is 0 Å². The number of pyridine rings is 1. The molecule has 1 unspecified atom stereocenters. The van der Waals surface area contributed by atoms with E-state index in [9.17, 15) is 4.79 Å². The first-order chi connectivity index (χ1) is 11.6. The Bertz CT molecular complexity index is 916. The van der Waals surface area contributed by atoms with Crippen LogP contribution in [0.5, 0.6) is 0 Å². The molecular weight excluding hydrogens is 368 g/mol. The fraction of sp³-hybridized carbons (Fsp3) is 0.278. The lowest BCUT2D eigenvalue weighted by Gasteiger charge is -2.19. The number of hydrogen-bond acceptors (Lipinski definition) is 3. The van der Waals surface area contributed by atoms with Crippen LogP contribution in [0.2, 0.25) is 0 Å². The third-order valence-corrected chi connectivity index (χ3v) is 5.13. The highest BCUT2D eigenvalue weighted by molar-refractivity contribution is 9.10. The van der Waals surface area contributed by atoms with Crippen molar-refractivity contribution in [2.45, 2.75) is 31.2 Å². The van der Waals surface area contributed by atoms with Crippen LogP contribution in [-0.2, 0) is 10.2 Å². The predicted molar refractivity (Wildman–Crippen MR) is 94.6 cm³/mol. The first-order valence-corrected chi connectivity index (χ1v) is 8.76. The van der Waals surface area contributed by atoms with Crippen molar-refractivity contribution < 1.29 is 4.79 Å². The molecule has 1 aromatic carbocycles. The fourth-order valence-electron chi connectivity index (χ4n) is 3.11. The minimum Gasteiger partial charge on any atom is -0.346 e. The number of rotatable bonds is 4. The second-order valence-corrected chi connectivity index (χ2v) is 7.19. The van der Waals surface area contributed by atoms with E-state index in [4.69, 9.17) is 0 Å². The summed E-state index contributed by atoms with van der Waals surface area (Å²) in [6, 6.07) is 13.5. The predicted octanol–water partition coefficient (Wildman–Crippen LogP) is 3.40. The van der Waals surface area contributed by atoms with Crippen molar-refractivity contribution in [3.05, 3.63) is 64.5 Å². The highest BCUT2D eigenvalue weighted by Crippen LogP contribution is 2.49. The molecule has 1 aliphatic rings. The van der Waals surface area contributed by atoms with Gasteiger partial charge in [0, 0.05) is 10.7 Å². The largest absolute Gasteiger partial charge is 0.346 e. The highest BCUT2D eigenvalue weighted by atomic mass is 79.9. The summed E-state index contributed by atoms with van der Waals surface area (Å²) < 4.78 is 2.90. The summed E-state index contributed by atoms with van der Waals surface area (Å²) in [5.41, 5.74) is 1.44. The number of benzene rings is 1. The van der Waals surface area contributed by atoms with Gasteiger partial charge in [-0.2, -0.15) is 0 Å². The van der Waals surface area contributed by atoms with Gasteiger partial charge in [0.05, 0.1) is 11.5 Å². The lowest BCUT2D eigenvalue weighted by atomic mass is 9.95. The molecule has 24 heavy (non-hydrogen) atoms. The van der Waals surface area contributed by atoms with E-state index < -0.39 is 5.41 Å². The van der Waals surface area contributed by atoms with Crippen LogP contribution in [-0.4, -0.2) is 20.5 Å².